The topological polar surface area (TPSA) is 61.8 Å². The lowest BCUT2D eigenvalue weighted by Gasteiger charge is -2.15. The van der Waals surface area contributed by atoms with E-state index in [9.17, 15) is 8.42 Å². The molecule has 1 unspecified atom stereocenters. The molecule has 0 radical (unpaired) electrons. The zero-order valence-electron chi connectivity index (χ0n) is 5.77. The molecular formula is C4H9N3O2S. The third-order valence-corrected chi connectivity index (χ3v) is 2.45. The minimum atomic E-state index is -3.06. The molecule has 0 saturated carbocycles. The third-order valence-electron chi connectivity index (χ3n) is 1.20. The van der Waals surface area contributed by atoms with Crippen LogP contribution in [0.15, 0.2) is 5.10 Å². The molecule has 10 heavy (non-hydrogen) atoms. The molecule has 0 aromatic rings. The van der Waals surface area contributed by atoms with Gasteiger partial charge in [-0.3, -0.25) is 5.01 Å². The van der Waals surface area contributed by atoms with Crippen molar-refractivity contribution in [2.45, 2.75) is 5.50 Å². The number of nitrogens with zero attached hydrogens (tertiary/aromatic N) is 2. The summed E-state index contributed by atoms with van der Waals surface area (Å²) in [5.41, 5.74) is -0.688. The SMILES string of the molecule is CN1N=CNC1S(C)(=O)=O. The predicted octanol–water partition coefficient (Wildman–Crippen LogP) is -1.21. The maximum absolute atomic E-state index is 10.9. The van der Waals surface area contributed by atoms with Gasteiger partial charge in [-0.25, -0.2) is 8.42 Å². The van der Waals surface area contributed by atoms with Crippen LogP contribution in [-0.2, 0) is 9.84 Å². The van der Waals surface area contributed by atoms with Crippen LogP contribution in [0, 0.1) is 0 Å². The Labute approximate surface area is 59.6 Å². The van der Waals surface area contributed by atoms with Crippen molar-refractivity contribution >= 4 is 16.2 Å². The van der Waals surface area contributed by atoms with Crippen LogP contribution in [0.3, 0.4) is 0 Å². The van der Waals surface area contributed by atoms with E-state index in [1.165, 1.54) is 11.3 Å². The molecule has 1 aliphatic rings. The lowest BCUT2D eigenvalue weighted by Crippen LogP contribution is -2.40. The Morgan fingerprint density at radius 3 is 2.50 bits per heavy atom. The Morgan fingerprint density at radius 2 is 2.30 bits per heavy atom. The highest BCUT2D eigenvalue weighted by molar-refractivity contribution is 7.91. The summed E-state index contributed by atoms with van der Waals surface area (Å²) < 4.78 is 21.7. The van der Waals surface area contributed by atoms with Gasteiger partial charge in [0, 0.05) is 13.3 Å². The van der Waals surface area contributed by atoms with Crippen molar-refractivity contribution in [3.63, 3.8) is 0 Å². The van der Waals surface area contributed by atoms with Crippen molar-refractivity contribution in [2.75, 3.05) is 13.3 Å². The molecule has 0 aromatic heterocycles. The molecule has 0 bridgehead atoms. The smallest absolute Gasteiger partial charge is 0.219 e. The predicted molar refractivity (Wildman–Crippen MR) is 38.0 cm³/mol. The number of rotatable bonds is 1. The lowest BCUT2D eigenvalue weighted by molar-refractivity contribution is 0.334. The monoisotopic (exact) mass is 163 g/mol. The Balaban J connectivity index is 2.79. The molecule has 0 aromatic carbocycles. The average Bonchev–Trinajstić information content (AvgIpc) is 2.11. The first-order chi connectivity index (χ1) is 4.52. The first-order valence-corrected chi connectivity index (χ1v) is 4.67. The highest BCUT2D eigenvalue weighted by Gasteiger charge is 2.26. The fourth-order valence-corrected chi connectivity index (χ4v) is 1.67. The molecule has 6 heteroatoms. The van der Waals surface area contributed by atoms with E-state index in [0.29, 0.717) is 0 Å². The summed E-state index contributed by atoms with van der Waals surface area (Å²) in [6, 6.07) is 0. The summed E-state index contributed by atoms with van der Waals surface area (Å²) in [5, 5.41) is 7.65. The molecule has 1 N–H and O–H groups in total. The number of hydrogen-bond donors (Lipinski definition) is 1. The zero-order chi connectivity index (χ0) is 7.78. The van der Waals surface area contributed by atoms with Gasteiger partial charge in [0.1, 0.15) is 6.34 Å². The van der Waals surface area contributed by atoms with E-state index in [-0.39, 0.29) is 0 Å². The maximum atomic E-state index is 10.9. The first-order valence-electron chi connectivity index (χ1n) is 2.72. The lowest BCUT2D eigenvalue weighted by atomic mass is 11.0. The number of nitrogens with one attached hydrogen (secondary N) is 1. The Hall–Kier alpha value is -0.780. The van der Waals surface area contributed by atoms with Gasteiger partial charge >= 0.3 is 0 Å². The van der Waals surface area contributed by atoms with Gasteiger partial charge in [0.25, 0.3) is 0 Å². The summed E-state index contributed by atoms with van der Waals surface area (Å²) in [6.45, 7) is 0. The molecule has 1 atom stereocenters. The van der Waals surface area contributed by atoms with E-state index >= 15 is 0 Å². The van der Waals surface area contributed by atoms with E-state index in [1.54, 1.807) is 7.05 Å². The molecule has 0 spiro atoms. The molecule has 0 saturated heterocycles. The van der Waals surface area contributed by atoms with Crippen LogP contribution in [0.25, 0.3) is 0 Å². The van der Waals surface area contributed by atoms with Gasteiger partial charge in [0.05, 0.1) is 0 Å². The van der Waals surface area contributed by atoms with E-state index < -0.39 is 15.3 Å². The van der Waals surface area contributed by atoms with E-state index in [0.717, 1.165) is 6.26 Å². The number of hydrazone groups is 1. The molecular weight excluding hydrogens is 154 g/mol. The highest BCUT2D eigenvalue weighted by Crippen LogP contribution is 2.03. The Kier molecular flexibility index (Phi) is 1.55. The van der Waals surface area contributed by atoms with Crippen LogP contribution >= 0.6 is 0 Å². The summed E-state index contributed by atoms with van der Waals surface area (Å²) in [4.78, 5) is 0. The number of hydrogen-bond acceptors (Lipinski definition) is 5. The highest BCUT2D eigenvalue weighted by atomic mass is 32.2. The van der Waals surface area contributed by atoms with Crippen molar-refractivity contribution < 1.29 is 8.42 Å². The summed E-state index contributed by atoms with van der Waals surface area (Å²) in [6.07, 6.45) is 2.53. The second-order valence-electron chi connectivity index (χ2n) is 2.17. The molecule has 0 fully saturated rings. The molecule has 0 aliphatic carbocycles. The van der Waals surface area contributed by atoms with Crippen LogP contribution in [0.5, 0.6) is 0 Å². The van der Waals surface area contributed by atoms with Crippen molar-refractivity contribution in [2.24, 2.45) is 5.10 Å². The van der Waals surface area contributed by atoms with E-state index in [2.05, 4.69) is 10.4 Å². The molecule has 1 rings (SSSR count). The largest absolute Gasteiger partial charge is 0.341 e. The second kappa shape index (κ2) is 2.12. The van der Waals surface area contributed by atoms with Gasteiger partial charge in [-0.2, -0.15) is 5.10 Å². The van der Waals surface area contributed by atoms with Gasteiger partial charge < -0.3 is 5.32 Å². The van der Waals surface area contributed by atoms with Crippen LogP contribution < -0.4 is 5.32 Å². The molecule has 1 heterocycles. The van der Waals surface area contributed by atoms with Crippen LogP contribution in [0.4, 0.5) is 0 Å². The van der Waals surface area contributed by atoms with E-state index in [4.69, 9.17) is 0 Å². The van der Waals surface area contributed by atoms with Gasteiger partial charge in [-0.1, -0.05) is 0 Å². The summed E-state index contributed by atoms with van der Waals surface area (Å²) in [7, 11) is -1.46. The first kappa shape index (κ1) is 7.33. The van der Waals surface area contributed by atoms with Crippen molar-refractivity contribution in [3.8, 4) is 0 Å². The van der Waals surface area contributed by atoms with Gasteiger partial charge in [-0.05, 0) is 0 Å². The fraction of sp³-hybridized carbons (Fsp3) is 0.750. The van der Waals surface area contributed by atoms with Gasteiger partial charge in [0.15, 0.2) is 9.84 Å². The molecule has 58 valence electrons. The van der Waals surface area contributed by atoms with Gasteiger partial charge in [0.2, 0.25) is 5.50 Å². The Bertz CT molecular complexity index is 245. The normalized spacial score (nSPS) is 25.0. The average molecular weight is 163 g/mol. The maximum Gasteiger partial charge on any atom is 0.219 e. The molecule has 0 amide bonds. The van der Waals surface area contributed by atoms with Crippen molar-refractivity contribution in [1.29, 1.82) is 0 Å². The standard InChI is InChI=1S/C4H9N3O2S/c1-7-4(5-3-6-7)10(2,8)9/h3-4H,1-2H3,(H,5,6). The fourth-order valence-electron chi connectivity index (χ4n) is 0.757. The number of sulfone groups is 1. The van der Waals surface area contributed by atoms with Crippen molar-refractivity contribution in [1.82, 2.24) is 10.3 Å². The minimum Gasteiger partial charge on any atom is -0.341 e. The zero-order valence-corrected chi connectivity index (χ0v) is 6.59. The molecule has 5 nitrogen and oxygen atoms in total. The summed E-state index contributed by atoms with van der Waals surface area (Å²) in [5.74, 6) is 0. The van der Waals surface area contributed by atoms with Crippen LogP contribution in [-0.4, -0.2) is 38.6 Å². The van der Waals surface area contributed by atoms with Crippen LogP contribution in [0.2, 0.25) is 0 Å². The molecule has 1 aliphatic heterocycles. The minimum absolute atomic E-state index is 0.688. The van der Waals surface area contributed by atoms with E-state index in [1.807, 2.05) is 0 Å². The van der Waals surface area contributed by atoms with Crippen molar-refractivity contribution in [3.05, 3.63) is 0 Å². The third kappa shape index (κ3) is 1.21. The second-order valence-corrected chi connectivity index (χ2v) is 4.27. The quantitative estimate of drug-likeness (QED) is 0.527. The summed E-state index contributed by atoms with van der Waals surface area (Å²) >= 11 is 0. The van der Waals surface area contributed by atoms with Crippen LogP contribution in [0.1, 0.15) is 0 Å². The Morgan fingerprint density at radius 1 is 1.70 bits per heavy atom. The van der Waals surface area contributed by atoms with Gasteiger partial charge in [-0.15, -0.1) is 0 Å².